The number of amides is 1. The summed E-state index contributed by atoms with van der Waals surface area (Å²) in [6, 6.07) is 2.19. The zero-order valence-corrected chi connectivity index (χ0v) is 13.9. The van der Waals surface area contributed by atoms with E-state index < -0.39 is 17.9 Å². The maximum atomic E-state index is 12.3. The quantitative estimate of drug-likeness (QED) is 0.843. The molecule has 6 nitrogen and oxygen atoms in total. The minimum atomic E-state index is -1.07. The number of benzene rings is 1. The first-order valence-electron chi connectivity index (χ1n) is 6.33. The Morgan fingerprint density at radius 2 is 2.05 bits per heavy atom. The number of halogens is 1. The first-order chi connectivity index (χ1) is 9.83. The van der Waals surface area contributed by atoms with Gasteiger partial charge in [0, 0.05) is 12.6 Å². The summed E-state index contributed by atoms with van der Waals surface area (Å²) < 4.78 is 11.2. The molecule has 0 aliphatic heterocycles. The molecule has 1 N–H and O–H groups in total. The summed E-state index contributed by atoms with van der Waals surface area (Å²) in [5.41, 5.74) is 0.317. The van der Waals surface area contributed by atoms with Crippen LogP contribution in [0.3, 0.4) is 0 Å². The zero-order chi connectivity index (χ0) is 16.2. The summed E-state index contributed by atoms with van der Waals surface area (Å²) in [5.74, 6) is -0.564. The Balaban J connectivity index is 3.17. The molecule has 0 aliphatic carbocycles. The largest absolute Gasteiger partial charge is 0.493 e. The van der Waals surface area contributed by atoms with Gasteiger partial charge in [-0.25, -0.2) is 4.79 Å². The molecule has 116 valence electrons. The van der Waals surface area contributed by atoms with Gasteiger partial charge >= 0.3 is 5.97 Å². The Morgan fingerprint density at radius 3 is 2.52 bits per heavy atom. The molecule has 21 heavy (non-hydrogen) atoms. The molecule has 7 heteroatoms. The van der Waals surface area contributed by atoms with Gasteiger partial charge in [0.15, 0.2) is 11.5 Å². The number of likely N-dealkylation sites (N-methyl/N-ethyl adjacent to an activating group) is 1. The van der Waals surface area contributed by atoms with Gasteiger partial charge in [0.05, 0.1) is 18.2 Å². The lowest BCUT2D eigenvalue weighted by Gasteiger charge is -2.22. The van der Waals surface area contributed by atoms with Gasteiger partial charge in [-0.3, -0.25) is 4.79 Å². The Kier molecular flexibility index (Phi) is 6.02. The van der Waals surface area contributed by atoms with Crippen molar-refractivity contribution in [1.29, 1.82) is 0 Å². The highest BCUT2D eigenvalue weighted by Gasteiger charge is 2.24. The van der Waals surface area contributed by atoms with Crippen LogP contribution in [0.2, 0.25) is 0 Å². The Bertz CT molecular complexity index is 546. The summed E-state index contributed by atoms with van der Waals surface area (Å²) >= 11 is 3.33. The van der Waals surface area contributed by atoms with Gasteiger partial charge in [-0.15, -0.1) is 0 Å². The zero-order valence-electron chi connectivity index (χ0n) is 12.3. The third-order valence-electron chi connectivity index (χ3n) is 3.02. The predicted molar refractivity (Wildman–Crippen MR) is 81.1 cm³/mol. The number of carbonyl (C=O) groups is 2. The molecule has 0 heterocycles. The molecule has 0 aromatic heterocycles. The molecule has 1 rings (SSSR count). The van der Waals surface area contributed by atoms with Crippen LogP contribution in [0.4, 0.5) is 0 Å². The normalized spacial score (nSPS) is 11.7. The maximum absolute atomic E-state index is 12.3. The summed E-state index contributed by atoms with van der Waals surface area (Å²) in [6.07, 6.45) is 0. The van der Waals surface area contributed by atoms with Crippen molar-refractivity contribution in [2.75, 3.05) is 20.8 Å². The number of carboxylic acid groups (broad SMARTS) is 1. The van der Waals surface area contributed by atoms with E-state index in [1.807, 2.05) is 6.92 Å². The van der Waals surface area contributed by atoms with Crippen LogP contribution in [0.1, 0.15) is 24.2 Å². The monoisotopic (exact) mass is 359 g/mol. The standard InChI is InChI=1S/C14H18BrNO5/c1-5-21-12-10(15)6-9(7-11(12)20-4)13(17)16(3)8(2)14(18)19/h6-8H,5H2,1-4H3,(H,18,19). The van der Waals surface area contributed by atoms with E-state index in [9.17, 15) is 9.59 Å². The molecule has 0 saturated heterocycles. The summed E-state index contributed by atoms with van der Waals surface area (Å²) in [5, 5.41) is 8.97. The lowest BCUT2D eigenvalue weighted by Crippen LogP contribution is -2.40. The second-order valence-electron chi connectivity index (χ2n) is 4.35. The number of hydrogen-bond donors (Lipinski definition) is 1. The number of carboxylic acids is 1. The van der Waals surface area contributed by atoms with Crippen LogP contribution in [0.25, 0.3) is 0 Å². The van der Waals surface area contributed by atoms with Gasteiger partial charge in [0.2, 0.25) is 0 Å². The molecule has 1 unspecified atom stereocenters. The lowest BCUT2D eigenvalue weighted by atomic mass is 10.1. The van der Waals surface area contributed by atoms with E-state index >= 15 is 0 Å². The lowest BCUT2D eigenvalue weighted by molar-refractivity contribution is -0.141. The van der Waals surface area contributed by atoms with Gasteiger partial charge < -0.3 is 19.5 Å². The van der Waals surface area contributed by atoms with E-state index in [1.54, 1.807) is 6.07 Å². The van der Waals surface area contributed by atoms with E-state index in [1.165, 1.54) is 27.1 Å². The first kappa shape index (κ1) is 17.3. The van der Waals surface area contributed by atoms with Crippen LogP contribution in [-0.4, -0.2) is 48.7 Å². The molecule has 1 amide bonds. The van der Waals surface area contributed by atoms with Crippen molar-refractivity contribution in [3.63, 3.8) is 0 Å². The Morgan fingerprint density at radius 1 is 1.43 bits per heavy atom. The Labute approximate surface area is 131 Å². The van der Waals surface area contributed by atoms with Gasteiger partial charge in [-0.1, -0.05) is 0 Å². The minimum absolute atomic E-state index is 0.317. The van der Waals surface area contributed by atoms with Crippen molar-refractivity contribution in [3.05, 3.63) is 22.2 Å². The van der Waals surface area contributed by atoms with Crippen molar-refractivity contribution in [2.24, 2.45) is 0 Å². The highest BCUT2D eigenvalue weighted by molar-refractivity contribution is 9.10. The van der Waals surface area contributed by atoms with Crippen LogP contribution < -0.4 is 9.47 Å². The number of carbonyl (C=O) groups excluding carboxylic acids is 1. The molecule has 0 fully saturated rings. The van der Waals surface area contributed by atoms with Gasteiger partial charge in [-0.05, 0) is 41.9 Å². The molecule has 0 saturated carbocycles. The average molecular weight is 360 g/mol. The molecular weight excluding hydrogens is 342 g/mol. The molecular formula is C14H18BrNO5. The van der Waals surface area contributed by atoms with E-state index in [0.717, 1.165) is 4.90 Å². The molecule has 0 aliphatic rings. The highest BCUT2D eigenvalue weighted by atomic mass is 79.9. The maximum Gasteiger partial charge on any atom is 0.326 e. The van der Waals surface area contributed by atoms with Crippen molar-refractivity contribution in [1.82, 2.24) is 4.90 Å². The molecule has 1 aromatic carbocycles. The second kappa shape index (κ2) is 7.31. The number of hydrogen-bond acceptors (Lipinski definition) is 4. The van der Waals surface area contributed by atoms with Crippen LogP contribution in [0, 0.1) is 0 Å². The number of ether oxygens (including phenoxy) is 2. The number of aliphatic carboxylic acids is 1. The Hall–Kier alpha value is -1.76. The van der Waals surface area contributed by atoms with Crippen molar-refractivity contribution >= 4 is 27.8 Å². The topological polar surface area (TPSA) is 76.1 Å². The first-order valence-corrected chi connectivity index (χ1v) is 7.13. The molecule has 0 spiro atoms. The molecule has 0 radical (unpaired) electrons. The van der Waals surface area contributed by atoms with E-state index in [-0.39, 0.29) is 0 Å². The number of rotatable bonds is 6. The van der Waals surface area contributed by atoms with Crippen LogP contribution >= 0.6 is 15.9 Å². The van der Waals surface area contributed by atoms with E-state index in [4.69, 9.17) is 14.6 Å². The minimum Gasteiger partial charge on any atom is -0.493 e. The second-order valence-corrected chi connectivity index (χ2v) is 5.21. The fraction of sp³-hybridized carbons (Fsp3) is 0.429. The van der Waals surface area contributed by atoms with Crippen LogP contribution in [0.15, 0.2) is 16.6 Å². The fourth-order valence-corrected chi connectivity index (χ4v) is 2.23. The highest BCUT2D eigenvalue weighted by Crippen LogP contribution is 2.37. The summed E-state index contributed by atoms with van der Waals surface area (Å²) in [4.78, 5) is 24.4. The van der Waals surface area contributed by atoms with Crippen molar-refractivity contribution in [3.8, 4) is 11.5 Å². The van der Waals surface area contributed by atoms with Gasteiger partial charge in [0.1, 0.15) is 6.04 Å². The van der Waals surface area contributed by atoms with E-state index in [0.29, 0.717) is 28.1 Å². The van der Waals surface area contributed by atoms with Crippen molar-refractivity contribution in [2.45, 2.75) is 19.9 Å². The molecule has 0 bridgehead atoms. The van der Waals surface area contributed by atoms with Crippen LogP contribution in [-0.2, 0) is 4.79 Å². The van der Waals surface area contributed by atoms with Crippen molar-refractivity contribution < 1.29 is 24.2 Å². The van der Waals surface area contributed by atoms with Gasteiger partial charge in [0.25, 0.3) is 5.91 Å². The summed E-state index contributed by atoms with van der Waals surface area (Å²) in [6.45, 7) is 3.74. The number of methoxy groups -OCH3 is 1. The third-order valence-corrected chi connectivity index (χ3v) is 3.61. The summed E-state index contributed by atoms with van der Waals surface area (Å²) in [7, 11) is 2.92. The average Bonchev–Trinajstić information content (AvgIpc) is 2.46. The van der Waals surface area contributed by atoms with Crippen LogP contribution in [0.5, 0.6) is 11.5 Å². The molecule has 1 atom stereocenters. The third kappa shape index (κ3) is 3.87. The SMILES string of the molecule is CCOc1c(Br)cc(C(=O)N(C)C(C)C(=O)O)cc1OC. The predicted octanol–water partition coefficient (Wildman–Crippen LogP) is 2.40. The van der Waals surface area contributed by atoms with Gasteiger partial charge in [-0.2, -0.15) is 0 Å². The smallest absolute Gasteiger partial charge is 0.326 e. The molecule has 1 aromatic rings. The fourth-order valence-electron chi connectivity index (χ4n) is 1.67. The van der Waals surface area contributed by atoms with E-state index in [2.05, 4.69) is 15.9 Å². The number of nitrogens with zero attached hydrogens (tertiary/aromatic N) is 1.